The highest BCUT2D eigenvalue weighted by molar-refractivity contribution is 5.91. The van der Waals surface area contributed by atoms with Gasteiger partial charge in [0, 0.05) is 19.3 Å². The van der Waals surface area contributed by atoms with Crippen LogP contribution in [0.1, 0.15) is 32.9 Å². The van der Waals surface area contributed by atoms with Gasteiger partial charge in [-0.2, -0.15) is 5.10 Å². The molecule has 0 aliphatic carbocycles. The third-order valence-corrected chi connectivity index (χ3v) is 4.78. The normalized spacial score (nSPS) is 10.6. The second-order valence-electron chi connectivity index (χ2n) is 7.14. The molecule has 3 aromatic rings. The molecule has 0 spiro atoms. The van der Waals surface area contributed by atoms with Crippen LogP contribution in [0.15, 0.2) is 54.6 Å². The van der Waals surface area contributed by atoms with E-state index in [2.05, 4.69) is 5.10 Å². The molecule has 0 aliphatic rings. The van der Waals surface area contributed by atoms with Gasteiger partial charge >= 0.3 is 5.97 Å². The van der Waals surface area contributed by atoms with Gasteiger partial charge in [-0.25, -0.2) is 9.48 Å². The number of ether oxygens (including phenoxy) is 1. The van der Waals surface area contributed by atoms with Gasteiger partial charge in [0.05, 0.1) is 16.9 Å². The lowest BCUT2D eigenvalue weighted by Gasteiger charge is -2.18. The Balaban J connectivity index is 1.56. The van der Waals surface area contributed by atoms with Crippen molar-refractivity contribution in [1.29, 1.82) is 0 Å². The van der Waals surface area contributed by atoms with Crippen molar-refractivity contribution in [2.75, 3.05) is 13.7 Å². The maximum absolute atomic E-state index is 12.3. The summed E-state index contributed by atoms with van der Waals surface area (Å²) >= 11 is 0. The van der Waals surface area contributed by atoms with Gasteiger partial charge in [-0.3, -0.25) is 4.79 Å². The summed E-state index contributed by atoms with van der Waals surface area (Å²) in [4.78, 5) is 26.2. The third kappa shape index (κ3) is 4.90. The average molecular weight is 391 g/mol. The summed E-state index contributed by atoms with van der Waals surface area (Å²) in [7, 11) is 1.70. The largest absolute Gasteiger partial charge is 0.452 e. The monoisotopic (exact) mass is 391 g/mol. The lowest BCUT2D eigenvalue weighted by atomic mass is 10.1. The number of hydrogen-bond donors (Lipinski definition) is 0. The van der Waals surface area contributed by atoms with E-state index in [1.807, 2.05) is 67.9 Å². The molecule has 1 aromatic heterocycles. The molecule has 0 fully saturated rings. The van der Waals surface area contributed by atoms with Crippen molar-refractivity contribution < 1.29 is 14.3 Å². The lowest BCUT2D eigenvalue weighted by Crippen LogP contribution is -2.31. The highest BCUT2D eigenvalue weighted by atomic mass is 16.5. The van der Waals surface area contributed by atoms with Crippen molar-refractivity contribution in [1.82, 2.24) is 14.7 Å². The van der Waals surface area contributed by atoms with E-state index in [1.54, 1.807) is 24.1 Å². The highest BCUT2D eigenvalue weighted by Crippen LogP contribution is 2.14. The van der Waals surface area contributed by atoms with E-state index in [-0.39, 0.29) is 12.5 Å². The molecule has 150 valence electrons. The number of amides is 1. The second-order valence-corrected chi connectivity index (χ2v) is 7.14. The summed E-state index contributed by atoms with van der Waals surface area (Å²) in [5.74, 6) is -0.775. The fraction of sp³-hybridized carbons (Fsp3) is 0.261. The average Bonchev–Trinajstić information content (AvgIpc) is 3.05. The van der Waals surface area contributed by atoms with Gasteiger partial charge in [0.1, 0.15) is 0 Å². The Bertz CT molecular complexity index is 1020. The van der Waals surface area contributed by atoms with Crippen LogP contribution in [0, 0.1) is 20.8 Å². The van der Waals surface area contributed by atoms with Crippen LogP contribution in [0.25, 0.3) is 5.69 Å². The van der Waals surface area contributed by atoms with Gasteiger partial charge in [-0.05, 0) is 62.2 Å². The molecule has 2 aromatic carbocycles. The van der Waals surface area contributed by atoms with E-state index in [1.165, 1.54) is 0 Å². The summed E-state index contributed by atoms with van der Waals surface area (Å²) in [5, 5.41) is 4.42. The molecule has 29 heavy (non-hydrogen) atoms. The van der Waals surface area contributed by atoms with Crippen LogP contribution in [0.5, 0.6) is 0 Å². The number of hydrogen-bond acceptors (Lipinski definition) is 4. The van der Waals surface area contributed by atoms with Crippen molar-refractivity contribution in [3.63, 3.8) is 0 Å². The maximum atomic E-state index is 12.3. The zero-order chi connectivity index (χ0) is 21.0. The first-order chi connectivity index (χ1) is 13.8. The number of nitrogens with zero attached hydrogens (tertiary/aromatic N) is 3. The van der Waals surface area contributed by atoms with Crippen LogP contribution in [0.4, 0.5) is 0 Å². The van der Waals surface area contributed by atoms with Crippen molar-refractivity contribution in [2.24, 2.45) is 0 Å². The van der Waals surface area contributed by atoms with Gasteiger partial charge < -0.3 is 9.64 Å². The Hall–Kier alpha value is -3.41. The molecule has 0 atom stereocenters. The molecular weight excluding hydrogens is 366 g/mol. The first-order valence-corrected chi connectivity index (χ1v) is 9.44. The number of aromatic nitrogens is 2. The molecule has 0 radical (unpaired) electrons. The predicted octanol–water partition coefficient (Wildman–Crippen LogP) is 3.61. The number of carbonyl (C=O) groups excluding carboxylic acids is 2. The zero-order valence-electron chi connectivity index (χ0n) is 17.2. The number of benzene rings is 2. The summed E-state index contributed by atoms with van der Waals surface area (Å²) in [6, 6.07) is 16.8. The second kappa shape index (κ2) is 8.73. The van der Waals surface area contributed by atoms with Gasteiger partial charge in [0.2, 0.25) is 0 Å². The molecule has 0 unspecified atom stereocenters. The molecule has 0 aliphatic heterocycles. The number of rotatable bonds is 6. The first-order valence-electron chi connectivity index (χ1n) is 9.44. The number of carbonyl (C=O) groups is 2. The summed E-state index contributed by atoms with van der Waals surface area (Å²) in [5.41, 5.74) is 5.38. The van der Waals surface area contributed by atoms with Crippen molar-refractivity contribution in [3.8, 4) is 5.69 Å². The van der Waals surface area contributed by atoms with Crippen LogP contribution >= 0.6 is 0 Å². The van der Waals surface area contributed by atoms with Crippen LogP contribution in [-0.2, 0) is 16.1 Å². The van der Waals surface area contributed by atoms with Gasteiger partial charge in [0.25, 0.3) is 5.91 Å². The van der Waals surface area contributed by atoms with Crippen molar-refractivity contribution in [3.05, 3.63) is 82.7 Å². The van der Waals surface area contributed by atoms with Gasteiger partial charge in [0.15, 0.2) is 6.61 Å². The van der Waals surface area contributed by atoms with Crippen LogP contribution in [-0.4, -0.2) is 40.2 Å². The van der Waals surface area contributed by atoms with E-state index in [0.717, 1.165) is 28.2 Å². The van der Waals surface area contributed by atoms with Gasteiger partial charge in [-0.15, -0.1) is 0 Å². The minimum absolute atomic E-state index is 0.249. The standard InChI is InChI=1S/C23H25N3O3/c1-16-7-5-6-8-20(16)14-25(4)22(27)15-29-23(28)19-9-11-21(12-10-19)26-18(3)13-17(2)24-26/h5-13H,14-15H2,1-4H3. The third-order valence-electron chi connectivity index (χ3n) is 4.78. The van der Waals surface area contributed by atoms with Crippen LogP contribution in [0.3, 0.4) is 0 Å². The molecule has 6 nitrogen and oxygen atoms in total. The van der Waals surface area contributed by atoms with Gasteiger partial charge in [-0.1, -0.05) is 24.3 Å². The summed E-state index contributed by atoms with van der Waals surface area (Å²) in [6.07, 6.45) is 0. The van der Waals surface area contributed by atoms with E-state index in [9.17, 15) is 9.59 Å². The molecule has 6 heteroatoms. The Morgan fingerprint density at radius 3 is 2.34 bits per heavy atom. The maximum Gasteiger partial charge on any atom is 0.338 e. The van der Waals surface area contributed by atoms with Crippen molar-refractivity contribution >= 4 is 11.9 Å². The number of esters is 1. The predicted molar refractivity (Wildman–Crippen MR) is 111 cm³/mol. The zero-order valence-corrected chi connectivity index (χ0v) is 17.2. The Morgan fingerprint density at radius 1 is 1.03 bits per heavy atom. The van der Waals surface area contributed by atoms with E-state index in [0.29, 0.717) is 12.1 Å². The molecule has 1 amide bonds. The van der Waals surface area contributed by atoms with E-state index >= 15 is 0 Å². The lowest BCUT2D eigenvalue weighted by molar-refractivity contribution is -0.133. The first kappa shape index (κ1) is 20.3. The fourth-order valence-electron chi connectivity index (χ4n) is 3.08. The van der Waals surface area contributed by atoms with Crippen LogP contribution < -0.4 is 0 Å². The number of aryl methyl sites for hydroxylation is 3. The number of likely N-dealkylation sites (N-methyl/N-ethyl adjacent to an activating group) is 1. The molecule has 1 heterocycles. The topological polar surface area (TPSA) is 64.4 Å². The quantitative estimate of drug-likeness (QED) is 0.602. The molecule has 0 saturated heterocycles. The molecule has 0 N–H and O–H groups in total. The van der Waals surface area contributed by atoms with Crippen LogP contribution in [0.2, 0.25) is 0 Å². The Labute approximate surface area is 170 Å². The minimum atomic E-state index is -0.525. The van der Waals surface area contributed by atoms with E-state index in [4.69, 9.17) is 4.74 Å². The Morgan fingerprint density at radius 2 is 1.72 bits per heavy atom. The molecular formula is C23H25N3O3. The highest BCUT2D eigenvalue weighted by Gasteiger charge is 2.15. The SMILES string of the molecule is Cc1cc(C)n(-c2ccc(C(=O)OCC(=O)N(C)Cc3ccccc3C)cc2)n1. The smallest absolute Gasteiger partial charge is 0.338 e. The molecule has 0 bridgehead atoms. The van der Waals surface area contributed by atoms with Crippen molar-refractivity contribution in [2.45, 2.75) is 27.3 Å². The Kier molecular flexibility index (Phi) is 6.12. The summed E-state index contributed by atoms with van der Waals surface area (Å²) in [6.45, 7) is 6.09. The minimum Gasteiger partial charge on any atom is -0.452 e. The fourth-order valence-corrected chi connectivity index (χ4v) is 3.08. The summed E-state index contributed by atoms with van der Waals surface area (Å²) < 4.78 is 7.01. The molecule has 0 saturated carbocycles. The van der Waals surface area contributed by atoms with E-state index < -0.39 is 5.97 Å². The molecule has 3 rings (SSSR count).